The molecule has 0 bridgehead atoms. The van der Waals surface area contributed by atoms with Crippen LogP contribution in [0.2, 0.25) is 0 Å². The zero-order chi connectivity index (χ0) is 25.2. The van der Waals surface area contributed by atoms with Crippen molar-refractivity contribution in [2.45, 2.75) is 13.0 Å². The number of hydrogen-bond donors (Lipinski definition) is 3. The summed E-state index contributed by atoms with van der Waals surface area (Å²) in [6.45, 7) is 1.33. The molecule has 6 rings (SSSR count). The van der Waals surface area contributed by atoms with Gasteiger partial charge < -0.3 is 30.3 Å². The molecule has 3 heterocycles. The number of aliphatic carboxylic acids is 1. The Morgan fingerprint density at radius 2 is 1.50 bits per heavy atom. The summed E-state index contributed by atoms with van der Waals surface area (Å²) in [5.41, 5.74) is 12.4. The zero-order valence-corrected chi connectivity index (χ0v) is 19.4. The number of piperazine rings is 1. The van der Waals surface area contributed by atoms with E-state index in [1.807, 2.05) is 4.90 Å². The lowest BCUT2D eigenvalue weighted by Crippen LogP contribution is -2.48. The minimum absolute atomic E-state index is 0.143. The fourth-order valence-corrected chi connectivity index (χ4v) is 4.58. The van der Waals surface area contributed by atoms with Crippen LogP contribution in [0.4, 0.5) is 16.6 Å². The van der Waals surface area contributed by atoms with Gasteiger partial charge in [0, 0.05) is 26.2 Å². The minimum atomic E-state index is -1.02. The first kappa shape index (κ1) is 23.1. The first-order chi connectivity index (χ1) is 17.4. The van der Waals surface area contributed by atoms with E-state index in [4.69, 9.17) is 15.9 Å². The van der Waals surface area contributed by atoms with Crippen molar-refractivity contribution in [3.05, 3.63) is 66.0 Å². The molecule has 11 nitrogen and oxygen atoms in total. The number of hydrogen-bond acceptors (Lipinski definition) is 7. The fraction of sp³-hybridized carbons (Fsp3) is 0.240. The predicted molar refractivity (Wildman–Crippen MR) is 134 cm³/mol. The zero-order valence-electron chi connectivity index (χ0n) is 19.4. The summed E-state index contributed by atoms with van der Waals surface area (Å²) < 4.78 is 1.37. The fourth-order valence-electron chi connectivity index (χ4n) is 4.58. The number of carboxylic acid groups (broad SMARTS) is 2. The molecule has 11 heteroatoms. The van der Waals surface area contributed by atoms with Crippen LogP contribution in [-0.4, -0.2) is 72.9 Å². The molecule has 4 aromatic rings. The van der Waals surface area contributed by atoms with Crippen molar-refractivity contribution in [3.8, 4) is 11.1 Å². The van der Waals surface area contributed by atoms with Gasteiger partial charge in [-0.05, 0) is 28.7 Å². The first-order valence-electron chi connectivity index (χ1n) is 11.5. The average molecular weight is 488 g/mol. The third kappa shape index (κ3) is 4.50. The number of nitrogens with two attached hydrogens (primary N) is 1. The number of carboxylic acids is 1. The van der Waals surface area contributed by atoms with Crippen LogP contribution in [-0.2, 0) is 17.8 Å². The summed E-state index contributed by atoms with van der Waals surface area (Å²) in [5.74, 6) is -0.511. The number of aromatic nitrogens is 4. The van der Waals surface area contributed by atoms with Crippen molar-refractivity contribution in [2.75, 3.05) is 36.8 Å². The molecule has 0 unspecified atom stereocenters. The maximum absolute atomic E-state index is 10.9. The second kappa shape index (κ2) is 9.53. The number of benzene rings is 2. The average Bonchev–Trinajstić information content (AvgIpc) is 3.45. The van der Waals surface area contributed by atoms with Gasteiger partial charge in [0.2, 0.25) is 5.95 Å². The van der Waals surface area contributed by atoms with Gasteiger partial charge in [-0.1, -0.05) is 48.5 Å². The van der Waals surface area contributed by atoms with Gasteiger partial charge in [0.15, 0.2) is 11.5 Å². The molecule has 2 aliphatic rings. The summed E-state index contributed by atoms with van der Waals surface area (Å²) >= 11 is 0. The summed E-state index contributed by atoms with van der Waals surface area (Å²) in [6, 6.07) is 17.3. The number of carbonyl (C=O) groups is 2. The van der Waals surface area contributed by atoms with Crippen molar-refractivity contribution < 1.29 is 19.8 Å². The summed E-state index contributed by atoms with van der Waals surface area (Å²) in [7, 11) is 0. The normalized spacial score (nSPS) is 14.1. The molecule has 0 atom stereocenters. The van der Waals surface area contributed by atoms with Crippen molar-refractivity contribution >= 4 is 35.0 Å². The lowest BCUT2D eigenvalue weighted by molar-refractivity contribution is -0.137. The Bertz CT molecular complexity index is 1400. The van der Waals surface area contributed by atoms with Crippen LogP contribution >= 0.6 is 0 Å². The van der Waals surface area contributed by atoms with Gasteiger partial charge in [0.25, 0.3) is 0 Å². The van der Waals surface area contributed by atoms with Crippen LogP contribution in [0.3, 0.4) is 0 Å². The van der Waals surface area contributed by atoms with E-state index in [1.54, 1.807) is 0 Å². The van der Waals surface area contributed by atoms with Gasteiger partial charge in [-0.3, -0.25) is 4.79 Å². The maximum atomic E-state index is 10.9. The molecular weight excluding hydrogens is 462 g/mol. The molecule has 0 spiro atoms. The second-order valence-corrected chi connectivity index (χ2v) is 8.60. The van der Waals surface area contributed by atoms with Crippen LogP contribution in [0.5, 0.6) is 0 Å². The Morgan fingerprint density at radius 1 is 0.889 bits per heavy atom. The van der Waals surface area contributed by atoms with E-state index >= 15 is 0 Å². The first-order valence-corrected chi connectivity index (χ1v) is 11.5. The highest BCUT2D eigenvalue weighted by molar-refractivity contribution is 5.84. The smallest absolute Gasteiger partial charge is 0.407 e. The largest absolute Gasteiger partial charge is 0.480 e. The van der Waals surface area contributed by atoms with E-state index in [2.05, 4.69) is 63.5 Å². The van der Waals surface area contributed by atoms with Gasteiger partial charge in [-0.2, -0.15) is 9.97 Å². The lowest BCUT2D eigenvalue weighted by Gasteiger charge is -2.33. The van der Waals surface area contributed by atoms with E-state index in [9.17, 15) is 9.59 Å². The number of nitrogens with zero attached hydrogens (tertiary/aromatic N) is 6. The Morgan fingerprint density at radius 3 is 2.08 bits per heavy atom. The Labute approximate surface area is 206 Å². The maximum Gasteiger partial charge on any atom is 0.407 e. The standard InChI is InChI=1S/C13H10.C12H15N7O4/c1-3-7-12-10(5-1)9-11-6-2-4-8-13(11)12;13-9-8-10(14-6-19(8)5-7(20)21)16-11(15-9)17-1-3-18(4-2-17)12(22)23/h1-8H,9H2;6H,1-5H2,(H,20,21)(H,22,23)(H2,13,15,16). The van der Waals surface area contributed by atoms with E-state index in [0.29, 0.717) is 43.3 Å². The topological polar surface area (TPSA) is 151 Å². The molecule has 0 saturated carbocycles. The van der Waals surface area contributed by atoms with Crippen molar-refractivity contribution in [3.63, 3.8) is 0 Å². The highest BCUT2D eigenvalue weighted by atomic mass is 16.4. The van der Waals surface area contributed by atoms with Gasteiger partial charge in [0.1, 0.15) is 12.1 Å². The highest BCUT2D eigenvalue weighted by Crippen LogP contribution is 2.35. The second-order valence-electron chi connectivity index (χ2n) is 8.60. The number of rotatable bonds is 3. The molecule has 184 valence electrons. The monoisotopic (exact) mass is 487 g/mol. The molecule has 4 N–H and O–H groups in total. The van der Waals surface area contributed by atoms with Crippen molar-refractivity contribution in [1.29, 1.82) is 0 Å². The number of fused-ring (bicyclic) bond motifs is 4. The Balaban J connectivity index is 0.000000172. The van der Waals surface area contributed by atoms with E-state index in [0.717, 1.165) is 6.42 Å². The van der Waals surface area contributed by atoms with E-state index < -0.39 is 12.1 Å². The summed E-state index contributed by atoms with van der Waals surface area (Å²) in [6.07, 6.45) is 1.51. The van der Waals surface area contributed by atoms with Crippen molar-refractivity contribution in [1.82, 2.24) is 24.4 Å². The molecule has 1 saturated heterocycles. The third-order valence-electron chi connectivity index (χ3n) is 6.33. The predicted octanol–water partition coefficient (Wildman–Crippen LogP) is 2.55. The molecule has 1 aliphatic carbocycles. The van der Waals surface area contributed by atoms with Crippen LogP contribution < -0.4 is 10.6 Å². The molecule has 36 heavy (non-hydrogen) atoms. The summed E-state index contributed by atoms with van der Waals surface area (Å²) in [5, 5.41) is 17.8. The molecule has 1 amide bonds. The Kier molecular flexibility index (Phi) is 6.11. The van der Waals surface area contributed by atoms with Gasteiger partial charge >= 0.3 is 12.1 Å². The lowest BCUT2D eigenvalue weighted by atomic mass is 10.1. The number of amides is 1. The highest BCUT2D eigenvalue weighted by Gasteiger charge is 2.23. The van der Waals surface area contributed by atoms with Crippen LogP contribution in [0.1, 0.15) is 11.1 Å². The molecule has 0 radical (unpaired) electrons. The van der Waals surface area contributed by atoms with Gasteiger partial charge in [-0.25, -0.2) is 9.78 Å². The van der Waals surface area contributed by atoms with Crippen LogP contribution in [0, 0.1) is 0 Å². The van der Waals surface area contributed by atoms with E-state index in [-0.39, 0.29) is 12.4 Å². The quantitative estimate of drug-likeness (QED) is 0.349. The number of nitrogen functional groups attached to an aromatic ring is 1. The van der Waals surface area contributed by atoms with Crippen molar-refractivity contribution in [2.24, 2.45) is 0 Å². The molecule has 1 fully saturated rings. The van der Waals surface area contributed by atoms with E-state index in [1.165, 1.54) is 38.0 Å². The molecule has 2 aromatic carbocycles. The third-order valence-corrected chi connectivity index (χ3v) is 6.33. The Hall–Kier alpha value is -4.67. The van der Waals surface area contributed by atoms with Crippen LogP contribution in [0.25, 0.3) is 22.3 Å². The van der Waals surface area contributed by atoms with Crippen LogP contribution in [0.15, 0.2) is 54.9 Å². The summed E-state index contributed by atoms with van der Waals surface area (Å²) in [4.78, 5) is 37.5. The minimum Gasteiger partial charge on any atom is -0.480 e. The molecular formula is C25H25N7O4. The number of anilines is 2. The van der Waals surface area contributed by atoms with Gasteiger partial charge in [0.05, 0.1) is 6.33 Å². The van der Waals surface area contributed by atoms with Gasteiger partial charge in [-0.15, -0.1) is 0 Å². The SMILES string of the molecule is Nc1nc(N2CCN(C(=O)O)CC2)nc2ncn(CC(=O)O)c12.c1ccc2c(c1)Cc1ccccc1-2. The molecule has 2 aromatic heterocycles. The molecule has 1 aliphatic heterocycles. The number of imidazole rings is 1.